The highest BCUT2D eigenvalue weighted by Gasteiger charge is 2.32. The molecule has 1 aliphatic heterocycles. The Hall–Kier alpha value is -2.55. The summed E-state index contributed by atoms with van der Waals surface area (Å²) in [5.74, 6) is 0.356. The van der Waals surface area contributed by atoms with E-state index in [1.54, 1.807) is 23.9 Å². The van der Waals surface area contributed by atoms with Crippen LogP contribution in [0.2, 0.25) is 5.02 Å². The minimum atomic E-state index is -0.375. The Labute approximate surface area is 180 Å². The fraction of sp³-hybridized carbons (Fsp3) is 0.381. The minimum Gasteiger partial charge on any atom is -0.383 e. The number of hydrogen-bond acceptors (Lipinski definition) is 6. The number of methoxy groups -OCH3 is 1. The summed E-state index contributed by atoms with van der Waals surface area (Å²) in [6.45, 7) is 4.05. The van der Waals surface area contributed by atoms with Gasteiger partial charge in [-0.15, -0.1) is 5.10 Å². The molecule has 0 spiro atoms. The molecule has 3 aromatic rings. The van der Waals surface area contributed by atoms with Crippen molar-refractivity contribution in [1.29, 1.82) is 0 Å². The summed E-state index contributed by atoms with van der Waals surface area (Å²) in [5.41, 5.74) is 1.66. The highest BCUT2D eigenvalue weighted by Crippen LogP contribution is 2.31. The summed E-state index contributed by atoms with van der Waals surface area (Å²) < 4.78 is 21.7. The third kappa shape index (κ3) is 4.45. The van der Waals surface area contributed by atoms with Crippen molar-refractivity contribution in [1.82, 2.24) is 25.1 Å². The zero-order chi connectivity index (χ0) is 20.9. The maximum Gasteiger partial charge on any atom is 0.173 e. The Balaban J connectivity index is 1.60. The van der Waals surface area contributed by atoms with E-state index < -0.39 is 0 Å². The van der Waals surface area contributed by atoms with Crippen molar-refractivity contribution in [2.75, 3.05) is 44.8 Å². The minimum absolute atomic E-state index is 0.263. The molecule has 1 fully saturated rings. The van der Waals surface area contributed by atoms with Crippen molar-refractivity contribution in [3.05, 3.63) is 70.8 Å². The summed E-state index contributed by atoms with van der Waals surface area (Å²) in [6, 6.07) is 14.3. The van der Waals surface area contributed by atoms with Crippen LogP contribution in [0.3, 0.4) is 0 Å². The van der Waals surface area contributed by atoms with Crippen LogP contribution in [0.1, 0.15) is 17.4 Å². The molecule has 0 aliphatic carbocycles. The van der Waals surface area contributed by atoms with Gasteiger partial charge in [0.1, 0.15) is 11.9 Å². The van der Waals surface area contributed by atoms with E-state index >= 15 is 0 Å². The number of benzene rings is 2. The summed E-state index contributed by atoms with van der Waals surface area (Å²) in [7, 11) is 1.63. The van der Waals surface area contributed by atoms with E-state index in [9.17, 15) is 4.39 Å². The second-order valence-electron chi connectivity index (χ2n) is 7.18. The van der Waals surface area contributed by atoms with Crippen LogP contribution < -0.4 is 4.90 Å². The summed E-state index contributed by atoms with van der Waals surface area (Å²) in [4.78, 5) is 4.52. The van der Waals surface area contributed by atoms with Gasteiger partial charge in [-0.2, -0.15) is 0 Å². The first-order valence-corrected chi connectivity index (χ1v) is 10.3. The lowest BCUT2D eigenvalue weighted by Crippen LogP contribution is -2.48. The standard InChI is InChI=1S/C21H24ClFN6O/c1-30-14-13-29-21(24-25-26-29)20(18-7-2-3-8-19(18)23)28-11-9-27(10-12-28)17-6-4-5-16(22)15-17/h2-8,15,20H,9-14H2,1H3/t20-/m0/s1. The fourth-order valence-corrected chi connectivity index (χ4v) is 4.04. The number of piperazine rings is 1. The number of anilines is 1. The molecule has 1 aliphatic rings. The van der Waals surface area contributed by atoms with Crippen LogP contribution in [0.25, 0.3) is 0 Å². The lowest BCUT2D eigenvalue weighted by Gasteiger charge is -2.40. The van der Waals surface area contributed by atoms with Gasteiger partial charge in [-0.3, -0.25) is 4.90 Å². The molecular formula is C21H24ClFN6O. The van der Waals surface area contributed by atoms with Crippen molar-refractivity contribution < 1.29 is 9.13 Å². The molecule has 2 heterocycles. The first-order chi connectivity index (χ1) is 14.7. The van der Waals surface area contributed by atoms with Gasteiger partial charge in [0, 0.05) is 49.6 Å². The van der Waals surface area contributed by atoms with Gasteiger partial charge >= 0.3 is 0 Å². The Bertz CT molecular complexity index is 975. The van der Waals surface area contributed by atoms with Crippen molar-refractivity contribution >= 4 is 17.3 Å². The van der Waals surface area contributed by atoms with E-state index in [0.29, 0.717) is 24.5 Å². The molecule has 1 atom stereocenters. The third-order valence-electron chi connectivity index (χ3n) is 5.36. The molecule has 0 amide bonds. The zero-order valence-corrected chi connectivity index (χ0v) is 17.5. The molecule has 7 nitrogen and oxygen atoms in total. The SMILES string of the molecule is COCCn1nnnc1[C@H](c1ccccc1F)N1CCN(c2cccc(Cl)c2)CC1. The molecular weight excluding hydrogens is 407 g/mol. The Morgan fingerprint density at radius 3 is 2.63 bits per heavy atom. The lowest BCUT2D eigenvalue weighted by molar-refractivity contribution is 0.171. The molecule has 0 radical (unpaired) electrons. The van der Waals surface area contributed by atoms with E-state index in [1.807, 2.05) is 24.3 Å². The molecule has 1 saturated heterocycles. The van der Waals surface area contributed by atoms with Gasteiger partial charge in [-0.05, 0) is 34.7 Å². The van der Waals surface area contributed by atoms with Gasteiger partial charge in [0.2, 0.25) is 0 Å². The number of rotatable bonds is 7. The molecule has 9 heteroatoms. The van der Waals surface area contributed by atoms with Crippen molar-refractivity contribution in [2.24, 2.45) is 0 Å². The predicted molar refractivity (Wildman–Crippen MR) is 113 cm³/mol. The normalized spacial score (nSPS) is 16.0. The van der Waals surface area contributed by atoms with E-state index in [-0.39, 0.29) is 11.9 Å². The number of ether oxygens (including phenoxy) is 1. The zero-order valence-electron chi connectivity index (χ0n) is 16.8. The maximum absolute atomic E-state index is 14.8. The van der Waals surface area contributed by atoms with Crippen LogP contribution in [0.4, 0.5) is 10.1 Å². The Morgan fingerprint density at radius 2 is 1.90 bits per heavy atom. The van der Waals surface area contributed by atoms with Crippen LogP contribution in [0.15, 0.2) is 48.5 Å². The number of nitrogens with zero attached hydrogens (tertiary/aromatic N) is 6. The molecule has 4 rings (SSSR count). The topological polar surface area (TPSA) is 59.3 Å². The molecule has 2 aromatic carbocycles. The van der Waals surface area contributed by atoms with E-state index in [1.165, 1.54) is 6.07 Å². The molecule has 1 aromatic heterocycles. The third-order valence-corrected chi connectivity index (χ3v) is 5.60. The second kappa shape index (κ2) is 9.51. The van der Waals surface area contributed by atoms with E-state index in [4.69, 9.17) is 16.3 Å². The average Bonchev–Trinajstić information content (AvgIpc) is 3.22. The van der Waals surface area contributed by atoms with Gasteiger partial charge in [0.15, 0.2) is 5.82 Å². The first-order valence-electron chi connectivity index (χ1n) is 9.91. The summed E-state index contributed by atoms with van der Waals surface area (Å²) in [6.07, 6.45) is 0. The van der Waals surface area contributed by atoms with Gasteiger partial charge in [-0.1, -0.05) is 35.9 Å². The molecule has 0 bridgehead atoms. The van der Waals surface area contributed by atoms with Crippen LogP contribution in [-0.2, 0) is 11.3 Å². The predicted octanol–water partition coefficient (Wildman–Crippen LogP) is 3.02. The van der Waals surface area contributed by atoms with Crippen molar-refractivity contribution in [3.8, 4) is 0 Å². The van der Waals surface area contributed by atoms with Gasteiger partial charge in [0.05, 0.1) is 13.2 Å². The first kappa shape index (κ1) is 20.7. The highest BCUT2D eigenvalue weighted by atomic mass is 35.5. The average molecular weight is 431 g/mol. The molecule has 0 saturated carbocycles. The Kier molecular flexibility index (Phi) is 6.56. The monoisotopic (exact) mass is 430 g/mol. The van der Waals surface area contributed by atoms with E-state index in [2.05, 4.69) is 31.4 Å². The number of aromatic nitrogens is 4. The largest absolute Gasteiger partial charge is 0.383 e. The van der Waals surface area contributed by atoms with Crippen LogP contribution >= 0.6 is 11.6 Å². The van der Waals surface area contributed by atoms with Crippen molar-refractivity contribution in [2.45, 2.75) is 12.6 Å². The highest BCUT2D eigenvalue weighted by molar-refractivity contribution is 6.30. The quantitative estimate of drug-likeness (QED) is 0.574. The van der Waals surface area contributed by atoms with Crippen LogP contribution in [0.5, 0.6) is 0 Å². The lowest BCUT2D eigenvalue weighted by atomic mass is 10.0. The number of hydrogen-bond donors (Lipinski definition) is 0. The van der Waals surface area contributed by atoms with Gasteiger partial charge in [0.25, 0.3) is 0 Å². The maximum atomic E-state index is 14.8. The summed E-state index contributed by atoms with van der Waals surface area (Å²) in [5, 5.41) is 12.9. The Morgan fingerprint density at radius 1 is 1.10 bits per heavy atom. The molecule has 30 heavy (non-hydrogen) atoms. The fourth-order valence-electron chi connectivity index (χ4n) is 3.85. The molecule has 158 valence electrons. The van der Waals surface area contributed by atoms with Gasteiger partial charge in [-0.25, -0.2) is 9.07 Å². The number of halogens is 2. The molecule has 0 N–H and O–H groups in total. The molecule has 0 unspecified atom stereocenters. The summed E-state index contributed by atoms with van der Waals surface area (Å²) >= 11 is 6.15. The van der Waals surface area contributed by atoms with E-state index in [0.717, 1.165) is 36.9 Å². The second-order valence-corrected chi connectivity index (χ2v) is 7.62. The van der Waals surface area contributed by atoms with Gasteiger partial charge < -0.3 is 9.64 Å². The van der Waals surface area contributed by atoms with Crippen LogP contribution in [0, 0.1) is 5.82 Å². The smallest absolute Gasteiger partial charge is 0.173 e. The van der Waals surface area contributed by atoms with Crippen molar-refractivity contribution in [3.63, 3.8) is 0 Å². The number of tetrazole rings is 1. The van der Waals surface area contributed by atoms with Crippen LogP contribution in [-0.4, -0.2) is 65.0 Å².